The summed E-state index contributed by atoms with van der Waals surface area (Å²) >= 11 is 0. The van der Waals surface area contributed by atoms with Gasteiger partial charge in [-0.05, 0) is 41.3 Å². The lowest BCUT2D eigenvalue weighted by atomic mass is 9.72. The molecule has 3 atom stereocenters. The van der Waals surface area contributed by atoms with Crippen molar-refractivity contribution in [2.75, 3.05) is 11.9 Å². The predicted molar refractivity (Wildman–Crippen MR) is 108 cm³/mol. The molecule has 1 amide bonds. The Bertz CT molecular complexity index is 1030. The van der Waals surface area contributed by atoms with E-state index in [4.69, 9.17) is 0 Å². The summed E-state index contributed by atoms with van der Waals surface area (Å²) in [6.45, 7) is 0. The molecule has 0 bridgehead atoms. The number of nitrogens with one attached hydrogen (secondary N) is 1. The Hall–Kier alpha value is -2.98. The molecular weight excluding hydrogens is 351 g/mol. The van der Waals surface area contributed by atoms with Gasteiger partial charge in [-0.3, -0.25) is 4.79 Å². The summed E-state index contributed by atoms with van der Waals surface area (Å²) < 4.78 is 13.6. The van der Waals surface area contributed by atoms with Crippen LogP contribution in [0, 0.1) is 5.82 Å². The average Bonchev–Trinajstić information content (AvgIpc) is 3.24. The fourth-order valence-corrected chi connectivity index (χ4v) is 4.92. The van der Waals surface area contributed by atoms with Crippen molar-refractivity contribution in [1.29, 1.82) is 0 Å². The molecule has 0 unspecified atom stereocenters. The second kappa shape index (κ2) is 6.28. The Balaban J connectivity index is 1.69. The van der Waals surface area contributed by atoms with Crippen LogP contribution in [-0.4, -0.2) is 13.0 Å². The molecule has 2 aliphatic heterocycles. The molecule has 5 rings (SSSR count). The van der Waals surface area contributed by atoms with Crippen LogP contribution in [0.3, 0.4) is 0 Å². The molecule has 2 aliphatic rings. The number of hydrogen-bond acceptors (Lipinski definition) is 2. The van der Waals surface area contributed by atoms with Crippen molar-refractivity contribution in [3.05, 3.63) is 101 Å². The molecule has 140 valence electrons. The number of anilines is 1. The molecule has 1 saturated heterocycles. The molecule has 3 aromatic carbocycles. The Morgan fingerprint density at radius 3 is 2.36 bits per heavy atom. The smallest absolute Gasteiger partial charge is 0.239 e. The molecule has 2 heterocycles. The number of likely N-dealkylation sites (N-methyl/N-ethyl adjacent to an activating group) is 1. The summed E-state index contributed by atoms with van der Waals surface area (Å²) in [5, 5.41) is 3.70. The molecule has 0 aliphatic carbocycles. The number of halogens is 1. The van der Waals surface area contributed by atoms with E-state index in [9.17, 15) is 9.18 Å². The van der Waals surface area contributed by atoms with Crippen molar-refractivity contribution >= 4 is 11.6 Å². The van der Waals surface area contributed by atoms with Gasteiger partial charge in [-0.1, -0.05) is 60.7 Å². The lowest BCUT2D eigenvalue weighted by Gasteiger charge is -2.30. The zero-order chi connectivity index (χ0) is 19.3. The first-order chi connectivity index (χ1) is 13.6. The molecule has 4 heteroatoms. The molecule has 0 aromatic heterocycles. The van der Waals surface area contributed by atoms with Crippen molar-refractivity contribution in [3.8, 4) is 0 Å². The van der Waals surface area contributed by atoms with E-state index in [-0.39, 0.29) is 23.8 Å². The number of benzene rings is 3. The summed E-state index contributed by atoms with van der Waals surface area (Å²) in [5.74, 6) is -0.181. The van der Waals surface area contributed by atoms with Gasteiger partial charge in [0.05, 0.1) is 11.5 Å². The zero-order valence-corrected chi connectivity index (χ0v) is 15.6. The van der Waals surface area contributed by atoms with Gasteiger partial charge in [-0.25, -0.2) is 4.39 Å². The number of hydrogen-bond donors (Lipinski definition) is 1. The highest BCUT2D eigenvalue weighted by Gasteiger charge is 2.59. The van der Waals surface area contributed by atoms with Crippen LogP contribution in [0.2, 0.25) is 0 Å². The second-order valence-electron chi connectivity index (χ2n) is 7.67. The minimum atomic E-state index is -0.705. The van der Waals surface area contributed by atoms with E-state index in [1.807, 2.05) is 43.4 Å². The van der Waals surface area contributed by atoms with Crippen LogP contribution in [0.25, 0.3) is 0 Å². The van der Waals surface area contributed by atoms with Crippen LogP contribution in [0.5, 0.6) is 0 Å². The molecule has 3 aromatic rings. The molecule has 1 spiro atoms. The van der Waals surface area contributed by atoms with Gasteiger partial charge >= 0.3 is 0 Å². The summed E-state index contributed by atoms with van der Waals surface area (Å²) in [5.41, 5.74) is 3.38. The maximum Gasteiger partial charge on any atom is 0.239 e. The lowest BCUT2D eigenvalue weighted by molar-refractivity contribution is -0.123. The fraction of sp³-hybridized carbons (Fsp3) is 0.208. The molecular formula is C24H21FN2O. The van der Waals surface area contributed by atoms with Crippen molar-refractivity contribution in [2.45, 2.75) is 23.9 Å². The minimum Gasteiger partial charge on any atom is -0.314 e. The van der Waals surface area contributed by atoms with Gasteiger partial charge in [0.15, 0.2) is 0 Å². The highest BCUT2D eigenvalue weighted by atomic mass is 19.1. The SMILES string of the molecule is CN1C(=O)[C@]2(C[C@@H](c3ccccc3)N[C@H]2c2ccc(F)cc2)c2ccccc21. The average molecular weight is 372 g/mol. The predicted octanol–water partition coefficient (Wildman–Crippen LogP) is 4.52. The van der Waals surface area contributed by atoms with Crippen LogP contribution in [0.1, 0.15) is 35.2 Å². The number of amides is 1. The van der Waals surface area contributed by atoms with Gasteiger partial charge in [0, 0.05) is 18.8 Å². The van der Waals surface area contributed by atoms with Crippen molar-refractivity contribution in [2.24, 2.45) is 0 Å². The summed E-state index contributed by atoms with van der Waals surface area (Å²) in [6, 6.07) is 24.6. The highest BCUT2D eigenvalue weighted by molar-refractivity contribution is 6.08. The Kier molecular flexibility index (Phi) is 3.84. The Labute approximate surface area is 163 Å². The van der Waals surface area contributed by atoms with Crippen LogP contribution < -0.4 is 10.2 Å². The molecule has 1 fully saturated rings. The van der Waals surface area contributed by atoms with Gasteiger partial charge in [-0.2, -0.15) is 0 Å². The maximum atomic E-state index is 13.6. The van der Waals surface area contributed by atoms with Crippen molar-refractivity contribution in [1.82, 2.24) is 5.32 Å². The number of para-hydroxylation sites is 1. The number of carbonyl (C=O) groups is 1. The highest BCUT2D eigenvalue weighted by Crippen LogP contribution is 2.56. The molecule has 0 radical (unpaired) electrons. The first-order valence-electron chi connectivity index (χ1n) is 9.55. The standard InChI is InChI=1S/C24H21FN2O/c1-27-21-10-6-5-9-19(21)24(23(27)28)15-20(16-7-3-2-4-8-16)26-22(24)17-11-13-18(25)14-12-17/h2-14,20,22,26H,15H2,1H3/t20-,22-,24+/m0/s1. The first kappa shape index (κ1) is 17.1. The van der Waals surface area contributed by atoms with Gasteiger partial charge in [-0.15, -0.1) is 0 Å². The van der Waals surface area contributed by atoms with Gasteiger partial charge in [0.2, 0.25) is 5.91 Å². The summed E-state index contributed by atoms with van der Waals surface area (Å²) in [7, 11) is 1.84. The zero-order valence-electron chi connectivity index (χ0n) is 15.6. The number of nitrogens with zero attached hydrogens (tertiary/aromatic N) is 1. The number of rotatable bonds is 2. The number of carbonyl (C=O) groups excluding carboxylic acids is 1. The van der Waals surface area contributed by atoms with Crippen LogP contribution >= 0.6 is 0 Å². The van der Waals surface area contributed by atoms with Crippen LogP contribution in [0.15, 0.2) is 78.9 Å². The third kappa shape index (κ3) is 2.34. The van der Waals surface area contributed by atoms with Crippen molar-refractivity contribution in [3.63, 3.8) is 0 Å². The molecule has 28 heavy (non-hydrogen) atoms. The largest absolute Gasteiger partial charge is 0.314 e. The van der Waals surface area contributed by atoms with E-state index in [0.717, 1.165) is 22.4 Å². The van der Waals surface area contributed by atoms with E-state index < -0.39 is 5.41 Å². The van der Waals surface area contributed by atoms with Gasteiger partial charge in [0.1, 0.15) is 5.82 Å². The van der Waals surface area contributed by atoms with E-state index in [1.54, 1.807) is 17.0 Å². The molecule has 1 N–H and O–H groups in total. The number of fused-ring (bicyclic) bond motifs is 2. The molecule has 0 saturated carbocycles. The maximum absolute atomic E-state index is 13.6. The van der Waals surface area contributed by atoms with E-state index in [2.05, 4.69) is 23.5 Å². The topological polar surface area (TPSA) is 32.3 Å². The van der Waals surface area contributed by atoms with E-state index in [0.29, 0.717) is 6.42 Å². The van der Waals surface area contributed by atoms with Crippen molar-refractivity contribution < 1.29 is 9.18 Å². The van der Waals surface area contributed by atoms with E-state index in [1.165, 1.54) is 12.1 Å². The third-order valence-corrected chi connectivity index (χ3v) is 6.22. The fourth-order valence-electron chi connectivity index (χ4n) is 4.92. The van der Waals surface area contributed by atoms with Crippen LogP contribution in [0.4, 0.5) is 10.1 Å². The second-order valence-corrected chi connectivity index (χ2v) is 7.67. The lowest BCUT2D eigenvalue weighted by Crippen LogP contribution is -2.42. The first-order valence-corrected chi connectivity index (χ1v) is 9.55. The van der Waals surface area contributed by atoms with Crippen LogP contribution in [-0.2, 0) is 10.2 Å². The van der Waals surface area contributed by atoms with Gasteiger partial charge in [0.25, 0.3) is 0 Å². The van der Waals surface area contributed by atoms with Gasteiger partial charge < -0.3 is 10.2 Å². The minimum absolute atomic E-state index is 0.0414. The normalized spacial score (nSPS) is 26.1. The molecule has 3 nitrogen and oxygen atoms in total. The Morgan fingerprint density at radius 2 is 1.61 bits per heavy atom. The third-order valence-electron chi connectivity index (χ3n) is 6.22. The summed E-state index contributed by atoms with van der Waals surface area (Å²) in [4.78, 5) is 15.4. The monoisotopic (exact) mass is 372 g/mol. The van der Waals surface area contributed by atoms with E-state index >= 15 is 0 Å². The summed E-state index contributed by atoms with van der Waals surface area (Å²) in [6.07, 6.45) is 0.666. The Morgan fingerprint density at radius 1 is 0.929 bits per heavy atom. The quantitative estimate of drug-likeness (QED) is 0.718.